The van der Waals surface area contributed by atoms with Crippen LogP contribution in [0.1, 0.15) is 38.8 Å². The molecule has 2 aromatic carbocycles. The number of Topliss-reactive ketones (excluding diaryl/α,β-unsaturated/α-hetero) is 1. The molecular formula is C21H16ClNO4. The van der Waals surface area contributed by atoms with Gasteiger partial charge in [0.1, 0.15) is 5.75 Å². The average molecular weight is 382 g/mol. The number of phenols is 1. The maximum Gasteiger partial charge on any atom is 0.265 e. The summed E-state index contributed by atoms with van der Waals surface area (Å²) in [5.41, 5.74) is 0.655. The Kier molecular flexibility index (Phi) is 4.97. The maximum atomic E-state index is 12.9. The van der Waals surface area contributed by atoms with Crippen LogP contribution in [0.25, 0.3) is 5.69 Å². The molecule has 0 aliphatic carbocycles. The van der Waals surface area contributed by atoms with Gasteiger partial charge in [-0.1, -0.05) is 29.8 Å². The summed E-state index contributed by atoms with van der Waals surface area (Å²) in [7, 11) is 0. The van der Waals surface area contributed by atoms with Gasteiger partial charge in [0.25, 0.3) is 5.56 Å². The highest BCUT2D eigenvalue weighted by Gasteiger charge is 2.19. The van der Waals surface area contributed by atoms with E-state index in [1.54, 1.807) is 37.3 Å². The molecule has 0 aliphatic rings. The van der Waals surface area contributed by atoms with Crippen LogP contribution in [-0.4, -0.2) is 21.2 Å². The van der Waals surface area contributed by atoms with Gasteiger partial charge in [-0.25, -0.2) is 0 Å². The van der Waals surface area contributed by atoms with Crippen molar-refractivity contribution in [2.24, 2.45) is 0 Å². The molecule has 0 atom stereocenters. The topological polar surface area (TPSA) is 76.4 Å². The summed E-state index contributed by atoms with van der Waals surface area (Å²) in [4.78, 5) is 37.6. The molecule has 27 heavy (non-hydrogen) atoms. The van der Waals surface area contributed by atoms with Crippen molar-refractivity contribution in [3.8, 4) is 11.4 Å². The largest absolute Gasteiger partial charge is 0.507 e. The molecule has 0 saturated heterocycles. The van der Waals surface area contributed by atoms with Crippen LogP contribution in [0.3, 0.4) is 0 Å². The van der Waals surface area contributed by atoms with Crippen LogP contribution in [0.15, 0.2) is 59.5 Å². The fourth-order valence-corrected chi connectivity index (χ4v) is 2.99. The van der Waals surface area contributed by atoms with E-state index in [2.05, 4.69) is 0 Å². The molecular weight excluding hydrogens is 366 g/mol. The van der Waals surface area contributed by atoms with Crippen molar-refractivity contribution < 1.29 is 14.7 Å². The summed E-state index contributed by atoms with van der Waals surface area (Å²) < 4.78 is 1.24. The number of carbonyl (C=O) groups excluding carboxylic acids is 2. The van der Waals surface area contributed by atoms with Crippen LogP contribution in [0.2, 0.25) is 5.02 Å². The lowest BCUT2D eigenvalue weighted by atomic mass is 10.0. The minimum absolute atomic E-state index is 0.0833. The SMILES string of the molecule is CC(=O)c1cc(C(=O)c2ccccc2O)cn(-c2cccc(Cl)c2C)c1=O. The van der Waals surface area contributed by atoms with E-state index in [-0.39, 0.29) is 22.4 Å². The number of halogens is 1. The zero-order valence-corrected chi connectivity index (χ0v) is 15.4. The Hall–Kier alpha value is -3.18. The zero-order valence-electron chi connectivity index (χ0n) is 14.7. The van der Waals surface area contributed by atoms with Gasteiger partial charge in [-0.3, -0.25) is 19.0 Å². The summed E-state index contributed by atoms with van der Waals surface area (Å²) in [5.74, 6) is -1.13. The molecule has 6 heteroatoms. The molecule has 0 saturated carbocycles. The molecule has 0 unspecified atom stereocenters. The monoisotopic (exact) mass is 381 g/mol. The van der Waals surface area contributed by atoms with E-state index in [9.17, 15) is 19.5 Å². The average Bonchev–Trinajstić information content (AvgIpc) is 2.64. The minimum atomic E-state index is -0.540. The van der Waals surface area contributed by atoms with Crippen LogP contribution in [0.4, 0.5) is 0 Å². The number of hydrogen-bond acceptors (Lipinski definition) is 4. The molecule has 0 fully saturated rings. The van der Waals surface area contributed by atoms with Crippen LogP contribution in [0, 0.1) is 6.92 Å². The number of nitrogens with zero attached hydrogens (tertiary/aromatic N) is 1. The molecule has 0 radical (unpaired) electrons. The highest BCUT2D eigenvalue weighted by molar-refractivity contribution is 6.31. The van der Waals surface area contributed by atoms with Crippen molar-refractivity contribution in [1.29, 1.82) is 0 Å². The number of aromatic nitrogens is 1. The Balaban J connectivity index is 2.29. The number of ketones is 2. The second-order valence-corrected chi connectivity index (χ2v) is 6.51. The summed E-state index contributed by atoms with van der Waals surface area (Å²) in [6, 6.07) is 12.4. The lowest BCUT2D eigenvalue weighted by molar-refractivity contribution is 0.101. The number of carbonyl (C=O) groups is 2. The number of hydrogen-bond donors (Lipinski definition) is 1. The van der Waals surface area contributed by atoms with Crippen LogP contribution in [-0.2, 0) is 0 Å². The highest BCUT2D eigenvalue weighted by Crippen LogP contribution is 2.24. The van der Waals surface area contributed by atoms with Gasteiger partial charge in [-0.05, 0) is 49.7 Å². The van der Waals surface area contributed by atoms with Crippen molar-refractivity contribution in [2.45, 2.75) is 13.8 Å². The first-order valence-corrected chi connectivity index (χ1v) is 8.55. The molecule has 3 rings (SSSR count). The maximum absolute atomic E-state index is 12.9. The quantitative estimate of drug-likeness (QED) is 0.694. The number of aromatic hydroxyl groups is 1. The first-order valence-electron chi connectivity index (χ1n) is 8.17. The number of phenolic OH excluding ortho intramolecular Hbond substituents is 1. The summed E-state index contributed by atoms with van der Waals surface area (Å²) >= 11 is 6.16. The normalized spacial score (nSPS) is 10.6. The van der Waals surface area contributed by atoms with Gasteiger partial charge in [0.15, 0.2) is 11.6 Å². The summed E-state index contributed by atoms with van der Waals surface area (Å²) in [6.45, 7) is 3.01. The Labute approximate surface area is 160 Å². The Morgan fingerprint density at radius 3 is 2.41 bits per heavy atom. The van der Waals surface area contributed by atoms with Gasteiger partial charge < -0.3 is 5.11 Å². The van der Waals surface area contributed by atoms with Gasteiger partial charge in [-0.2, -0.15) is 0 Å². The van der Waals surface area contributed by atoms with Gasteiger partial charge in [0.2, 0.25) is 0 Å². The van der Waals surface area contributed by atoms with E-state index in [1.807, 2.05) is 0 Å². The smallest absolute Gasteiger partial charge is 0.265 e. The fourth-order valence-electron chi connectivity index (χ4n) is 2.82. The van der Waals surface area contributed by atoms with E-state index in [1.165, 1.54) is 35.9 Å². The first kappa shape index (κ1) is 18.6. The third-order valence-electron chi connectivity index (χ3n) is 4.31. The van der Waals surface area contributed by atoms with Crippen LogP contribution < -0.4 is 5.56 Å². The molecule has 1 heterocycles. The van der Waals surface area contributed by atoms with Crippen molar-refractivity contribution in [1.82, 2.24) is 4.57 Å². The van der Waals surface area contributed by atoms with Crippen molar-refractivity contribution in [2.75, 3.05) is 0 Å². The predicted molar refractivity (Wildman–Crippen MR) is 103 cm³/mol. The zero-order chi connectivity index (χ0) is 19.7. The van der Waals surface area contributed by atoms with Gasteiger partial charge in [0, 0.05) is 16.8 Å². The van der Waals surface area contributed by atoms with E-state index in [0.717, 1.165) is 0 Å². The lowest BCUT2D eigenvalue weighted by Gasteiger charge is -2.14. The van der Waals surface area contributed by atoms with Gasteiger partial charge in [-0.15, -0.1) is 0 Å². The molecule has 3 aromatic rings. The molecule has 5 nitrogen and oxygen atoms in total. The van der Waals surface area contributed by atoms with Crippen molar-refractivity contribution >= 4 is 23.2 Å². The third-order valence-corrected chi connectivity index (χ3v) is 4.72. The molecule has 0 bridgehead atoms. The lowest BCUT2D eigenvalue weighted by Crippen LogP contribution is -2.26. The van der Waals surface area contributed by atoms with E-state index in [4.69, 9.17) is 11.6 Å². The number of rotatable bonds is 4. The predicted octanol–water partition coefficient (Wildman–Crippen LogP) is 3.94. The molecule has 0 aliphatic heterocycles. The standard InChI is InChI=1S/C21H16ClNO4/c1-12-17(22)7-5-8-18(12)23-11-14(10-16(13(2)24)21(23)27)20(26)15-6-3-4-9-19(15)25/h3-11,25H,1-2H3. The minimum Gasteiger partial charge on any atom is -0.507 e. The van der Waals surface area contributed by atoms with Crippen molar-refractivity contribution in [3.05, 3.63) is 92.4 Å². The second-order valence-electron chi connectivity index (χ2n) is 6.10. The van der Waals surface area contributed by atoms with Crippen LogP contribution in [0.5, 0.6) is 5.75 Å². The van der Waals surface area contributed by atoms with E-state index in [0.29, 0.717) is 16.3 Å². The molecule has 0 spiro atoms. The first-order chi connectivity index (χ1) is 12.8. The highest BCUT2D eigenvalue weighted by atomic mass is 35.5. The number of para-hydroxylation sites is 1. The molecule has 0 amide bonds. The molecule has 136 valence electrons. The number of benzene rings is 2. The van der Waals surface area contributed by atoms with Gasteiger partial charge >= 0.3 is 0 Å². The van der Waals surface area contributed by atoms with E-state index >= 15 is 0 Å². The fraction of sp³-hybridized carbons (Fsp3) is 0.0952. The molecule has 1 aromatic heterocycles. The summed E-state index contributed by atoms with van der Waals surface area (Å²) in [5, 5.41) is 10.4. The summed E-state index contributed by atoms with van der Waals surface area (Å²) in [6.07, 6.45) is 1.36. The Morgan fingerprint density at radius 1 is 1.04 bits per heavy atom. The van der Waals surface area contributed by atoms with E-state index < -0.39 is 17.1 Å². The number of pyridine rings is 1. The molecule has 1 N–H and O–H groups in total. The van der Waals surface area contributed by atoms with Crippen LogP contribution >= 0.6 is 11.6 Å². The Bertz CT molecular complexity index is 1130. The second kappa shape index (κ2) is 7.21. The third kappa shape index (κ3) is 3.41. The Morgan fingerprint density at radius 2 is 1.74 bits per heavy atom. The van der Waals surface area contributed by atoms with Gasteiger partial charge in [0.05, 0.1) is 16.8 Å². The van der Waals surface area contributed by atoms with Crippen molar-refractivity contribution in [3.63, 3.8) is 0 Å².